The number of aliphatic hydroxyl groups is 1. The minimum Gasteiger partial charge on any atom is -0.389 e. The number of nitrogens with two attached hydrogens (primary N) is 1. The Bertz CT molecular complexity index is 261. The van der Waals surface area contributed by atoms with E-state index in [1.165, 1.54) is 0 Å². The molecule has 0 bridgehead atoms. The van der Waals surface area contributed by atoms with Crippen LogP contribution in [-0.2, 0) is 11.3 Å². The first kappa shape index (κ1) is 10.2. The predicted molar refractivity (Wildman–Crippen MR) is 50.9 cm³/mol. The Kier molecular flexibility index (Phi) is 3.89. The van der Waals surface area contributed by atoms with Crippen molar-refractivity contribution >= 4 is 0 Å². The van der Waals surface area contributed by atoms with Crippen molar-refractivity contribution in [1.82, 2.24) is 0 Å². The summed E-state index contributed by atoms with van der Waals surface area (Å²) in [5, 5.41) is 9.32. The second kappa shape index (κ2) is 4.97. The quantitative estimate of drug-likeness (QED) is 0.685. The van der Waals surface area contributed by atoms with Gasteiger partial charge in [0.05, 0.1) is 12.7 Å². The summed E-state index contributed by atoms with van der Waals surface area (Å²) in [6.07, 6.45) is 0.357. The summed E-state index contributed by atoms with van der Waals surface area (Å²) in [7, 11) is 0. The van der Waals surface area contributed by atoms with Crippen molar-refractivity contribution in [2.45, 2.75) is 19.4 Å². The fourth-order valence-corrected chi connectivity index (χ4v) is 1.19. The molecule has 3 N–H and O–H groups in total. The van der Waals surface area contributed by atoms with Crippen molar-refractivity contribution in [1.29, 1.82) is 0 Å². The lowest BCUT2D eigenvalue weighted by Crippen LogP contribution is -2.04. The second-order valence-corrected chi connectivity index (χ2v) is 3.04. The molecule has 1 aromatic rings. The molecule has 0 radical (unpaired) electrons. The highest BCUT2D eigenvalue weighted by Gasteiger charge is 2.00. The number of rotatable bonds is 4. The van der Waals surface area contributed by atoms with Crippen molar-refractivity contribution in [3.8, 4) is 0 Å². The van der Waals surface area contributed by atoms with E-state index in [-0.39, 0.29) is 0 Å². The third-order valence-corrected chi connectivity index (χ3v) is 1.94. The Balaban J connectivity index is 2.68. The molecule has 1 unspecified atom stereocenters. The van der Waals surface area contributed by atoms with E-state index in [4.69, 9.17) is 5.90 Å². The monoisotopic (exact) mass is 181 g/mol. The van der Waals surface area contributed by atoms with Gasteiger partial charge in [0.25, 0.3) is 0 Å². The van der Waals surface area contributed by atoms with E-state index in [9.17, 15) is 5.11 Å². The van der Waals surface area contributed by atoms with Crippen LogP contribution in [0.25, 0.3) is 0 Å². The summed E-state index contributed by atoms with van der Waals surface area (Å²) in [5.74, 6) is 4.92. The van der Waals surface area contributed by atoms with Crippen molar-refractivity contribution in [2.24, 2.45) is 5.90 Å². The van der Waals surface area contributed by atoms with Crippen LogP contribution in [0.4, 0.5) is 0 Å². The van der Waals surface area contributed by atoms with E-state index in [1.807, 2.05) is 24.3 Å². The van der Waals surface area contributed by atoms with Gasteiger partial charge in [-0.25, -0.2) is 5.90 Å². The van der Waals surface area contributed by atoms with Gasteiger partial charge in [-0.15, -0.1) is 0 Å². The van der Waals surface area contributed by atoms with Crippen LogP contribution in [0.5, 0.6) is 0 Å². The molecule has 0 amide bonds. The molecular formula is C10H15NO2. The summed E-state index contributed by atoms with van der Waals surface area (Å²) in [5.41, 5.74) is 2.05. The summed E-state index contributed by atoms with van der Waals surface area (Å²) < 4.78 is 0. The highest BCUT2D eigenvalue weighted by molar-refractivity contribution is 5.24. The highest BCUT2D eigenvalue weighted by atomic mass is 16.6. The first-order valence-electron chi connectivity index (χ1n) is 4.32. The zero-order valence-electron chi connectivity index (χ0n) is 7.73. The first-order chi connectivity index (χ1) is 6.24. The van der Waals surface area contributed by atoms with Gasteiger partial charge in [0.1, 0.15) is 0 Å². The Morgan fingerprint density at radius 2 is 2.31 bits per heavy atom. The van der Waals surface area contributed by atoms with E-state index in [2.05, 4.69) is 4.84 Å². The first-order valence-corrected chi connectivity index (χ1v) is 4.32. The fraction of sp³-hybridized carbons (Fsp3) is 0.400. The van der Waals surface area contributed by atoms with Gasteiger partial charge in [0.15, 0.2) is 0 Å². The third-order valence-electron chi connectivity index (χ3n) is 1.94. The van der Waals surface area contributed by atoms with Gasteiger partial charge in [-0.2, -0.15) is 0 Å². The normalized spacial score (nSPS) is 12.8. The van der Waals surface area contributed by atoms with Gasteiger partial charge in [0.2, 0.25) is 0 Å². The second-order valence-electron chi connectivity index (χ2n) is 3.04. The zero-order valence-corrected chi connectivity index (χ0v) is 7.73. The van der Waals surface area contributed by atoms with Crippen LogP contribution in [0, 0.1) is 0 Å². The zero-order chi connectivity index (χ0) is 9.68. The average Bonchev–Trinajstić information content (AvgIpc) is 2.15. The molecule has 0 saturated carbocycles. The lowest BCUT2D eigenvalue weighted by atomic mass is 10.1. The molecule has 0 aliphatic carbocycles. The van der Waals surface area contributed by atoms with Gasteiger partial charge in [-0.3, -0.25) is 0 Å². The Hall–Kier alpha value is -0.900. The number of hydrogen-bond acceptors (Lipinski definition) is 3. The molecule has 1 aromatic carbocycles. The van der Waals surface area contributed by atoms with Gasteiger partial charge in [0, 0.05) is 0 Å². The molecule has 1 atom stereocenters. The van der Waals surface area contributed by atoms with Crippen LogP contribution in [-0.4, -0.2) is 11.7 Å². The molecule has 3 heteroatoms. The van der Waals surface area contributed by atoms with Crippen LogP contribution in [0.1, 0.15) is 24.2 Å². The molecule has 72 valence electrons. The summed E-state index contributed by atoms with van der Waals surface area (Å²) in [4.78, 5) is 4.48. The molecule has 13 heavy (non-hydrogen) atoms. The minimum atomic E-state index is -0.418. The maximum atomic E-state index is 9.32. The lowest BCUT2D eigenvalue weighted by Gasteiger charge is -2.06. The maximum Gasteiger partial charge on any atom is 0.0762 e. The largest absolute Gasteiger partial charge is 0.389 e. The predicted octanol–water partition coefficient (Wildman–Crippen LogP) is 1.17. The van der Waals surface area contributed by atoms with Gasteiger partial charge in [-0.1, -0.05) is 24.3 Å². The summed E-state index contributed by atoms with van der Waals surface area (Å²) in [6.45, 7) is 2.25. The Labute approximate surface area is 78.1 Å². The molecule has 0 aliphatic rings. The summed E-state index contributed by atoms with van der Waals surface area (Å²) >= 11 is 0. The minimum absolute atomic E-state index is 0.418. The van der Waals surface area contributed by atoms with Crippen molar-refractivity contribution in [2.75, 3.05) is 6.61 Å². The summed E-state index contributed by atoms with van der Waals surface area (Å²) in [6, 6.07) is 7.78. The van der Waals surface area contributed by atoms with Crippen molar-refractivity contribution < 1.29 is 9.94 Å². The molecule has 0 heterocycles. The Morgan fingerprint density at radius 3 is 2.92 bits per heavy atom. The van der Waals surface area contributed by atoms with E-state index < -0.39 is 6.10 Å². The van der Waals surface area contributed by atoms with E-state index >= 15 is 0 Å². The number of aliphatic hydroxyl groups excluding tert-OH is 1. The fourth-order valence-electron chi connectivity index (χ4n) is 1.19. The van der Waals surface area contributed by atoms with Gasteiger partial charge < -0.3 is 9.94 Å². The van der Waals surface area contributed by atoms with Gasteiger partial charge >= 0.3 is 0 Å². The number of benzene rings is 1. The number of hydrogen-bond donors (Lipinski definition) is 2. The molecule has 0 aliphatic heterocycles. The molecular weight excluding hydrogens is 166 g/mol. The lowest BCUT2D eigenvalue weighted by molar-refractivity contribution is 0.141. The molecule has 1 rings (SSSR count). The molecule has 3 nitrogen and oxygen atoms in total. The van der Waals surface area contributed by atoms with Crippen LogP contribution >= 0.6 is 0 Å². The maximum absolute atomic E-state index is 9.32. The smallest absolute Gasteiger partial charge is 0.0762 e. The van der Waals surface area contributed by atoms with Crippen molar-refractivity contribution in [3.05, 3.63) is 35.4 Å². The molecule has 0 saturated heterocycles. The van der Waals surface area contributed by atoms with Crippen LogP contribution in [0.15, 0.2) is 24.3 Å². The van der Waals surface area contributed by atoms with Crippen LogP contribution in [0.3, 0.4) is 0 Å². The molecule has 0 fully saturated rings. The average molecular weight is 181 g/mol. The highest BCUT2D eigenvalue weighted by Crippen LogP contribution is 2.13. The Morgan fingerprint density at radius 1 is 1.54 bits per heavy atom. The van der Waals surface area contributed by atoms with Crippen LogP contribution < -0.4 is 5.90 Å². The van der Waals surface area contributed by atoms with E-state index in [0.717, 1.165) is 17.5 Å². The van der Waals surface area contributed by atoms with Crippen molar-refractivity contribution in [3.63, 3.8) is 0 Å². The van der Waals surface area contributed by atoms with E-state index in [1.54, 1.807) is 6.92 Å². The topological polar surface area (TPSA) is 55.5 Å². The van der Waals surface area contributed by atoms with E-state index in [0.29, 0.717) is 6.61 Å². The SMILES string of the molecule is CC(O)c1cccc(CCON)c1. The molecule has 0 aromatic heterocycles. The third kappa shape index (κ3) is 3.14. The standard InChI is InChI=1S/C10H15NO2/c1-8(12)10-4-2-3-9(7-10)5-6-13-11/h2-4,7-8,12H,5-6,11H2,1H3. The van der Waals surface area contributed by atoms with Gasteiger partial charge in [-0.05, 0) is 24.5 Å². The van der Waals surface area contributed by atoms with Crippen LogP contribution in [0.2, 0.25) is 0 Å². The molecule has 0 spiro atoms.